The minimum atomic E-state index is 0.0502. The van der Waals surface area contributed by atoms with E-state index in [-0.39, 0.29) is 5.60 Å². The van der Waals surface area contributed by atoms with E-state index in [4.69, 9.17) is 9.47 Å². The molecule has 3 atom stereocenters. The van der Waals surface area contributed by atoms with Crippen molar-refractivity contribution in [2.45, 2.75) is 70.1 Å². The summed E-state index contributed by atoms with van der Waals surface area (Å²) >= 11 is 0. The molecular formula is C14H27NO2. The van der Waals surface area contributed by atoms with Gasteiger partial charge in [0.1, 0.15) is 0 Å². The van der Waals surface area contributed by atoms with Crippen LogP contribution >= 0.6 is 0 Å². The molecule has 3 heteroatoms. The molecule has 0 spiro atoms. The Labute approximate surface area is 105 Å². The molecule has 0 radical (unpaired) electrons. The van der Waals surface area contributed by atoms with Crippen LogP contribution in [0, 0.1) is 0 Å². The third kappa shape index (κ3) is 3.43. The maximum absolute atomic E-state index is 5.97. The minimum Gasteiger partial charge on any atom is -0.378 e. The highest BCUT2D eigenvalue weighted by molar-refractivity contribution is 4.92. The van der Waals surface area contributed by atoms with Crippen LogP contribution in [0.2, 0.25) is 0 Å². The SMILES string of the molecule is CCNC(CCC1CCCO1)C1(C)CCCO1. The lowest BCUT2D eigenvalue weighted by Crippen LogP contribution is -2.48. The molecule has 0 bridgehead atoms. The Bertz CT molecular complexity index is 220. The molecule has 2 aliphatic rings. The van der Waals surface area contributed by atoms with E-state index in [1.54, 1.807) is 0 Å². The number of hydrogen-bond acceptors (Lipinski definition) is 3. The quantitative estimate of drug-likeness (QED) is 0.775. The standard InChI is InChI=1S/C14H27NO2/c1-3-15-13(14(2)9-5-11-17-14)8-7-12-6-4-10-16-12/h12-13,15H,3-11H2,1-2H3. The first-order chi connectivity index (χ1) is 8.24. The topological polar surface area (TPSA) is 30.5 Å². The monoisotopic (exact) mass is 241 g/mol. The third-order valence-electron chi connectivity index (χ3n) is 4.24. The van der Waals surface area contributed by atoms with Gasteiger partial charge in [-0.2, -0.15) is 0 Å². The van der Waals surface area contributed by atoms with Crippen LogP contribution in [0.25, 0.3) is 0 Å². The van der Waals surface area contributed by atoms with Crippen molar-refractivity contribution < 1.29 is 9.47 Å². The number of likely N-dealkylation sites (N-methyl/N-ethyl adjacent to an activating group) is 1. The summed E-state index contributed by atoms with van der Waals surface area (Å²) in [5.74, 6) is 0. The molecule has 3 unspecified atom stereocenters. The van der Waals surface area contributed by atoms with Crippen molar-refractivity contribution in [2.24, 2.45) is 0 Å². The summed E-state index contributed by atoms with van der Waals surface area (Å²) in [4.78, 5) is 0. The molecule has 0 aromatic heterocycles. The molecule has 0 aromatic carbocycles. The molecule has 2 aliphatic heterocycles. The van der Waals surface area contributed by atoms with E-state index in [1.165, 1.54) is 38.5 Å². The van der Waals surface area contributed by atoms with Crippen LogP contribution in [0.5, 0.6) is 0 Å². The van der Waals surface area contributed by atoms with Gasteiger partial charge in [-0.05, 0) is 52.0 Å². The van der Waals surface area contributed by atoms with Crippen LogP contribution in [-0.2, 0) is 9.47 Å². The van der Waals surface area contributed by atoms with Crippen LogP contribution in [-0.4, -0.2) is 37.5 Å². The van der Waals surface area contributed by atoms with E-state index in [1.807, 2.05) is 0 Å². The highest BCUT2D eigenvalue weighted by Gasteiger charge is 2.38. The van der Waals surface area contributed by atoms with Crippen LogP contribution in [0.1, 0.15) is 52.4 Å². The average Bonchev–Trinajstić information content (AvgIpc) is 2.96. The molecule has 0 amide bonds. The highest BCUT2D eigenvalue weighted by Crippen LogP contribution is 2.31. The van der Waals surface area contributed by atoms with Crippen molar-refractivity contribution >= 4 is 0 Å². The van der Waals surface area contributed by atoms with Crippen LogP contribution in [0.3, 0.4) is 0 Å². The summed E-state index contributed by atoms with van der Waals surface area (Å²) in [5, 5.41) is 3.61. The second-order valence-corrected chi connectivity index (χ2v) is 5.59. The van der Waals surface area contributed by atoms with Crippen molar-refractivity contribution in [3.63, 3.8) is 0 Å². The van der Waals surface area contributed by atoms with E-state index in [9.17, 15) is 0 Å². The van der Waals surface area contributed by atoms with Gasteiger partial charge < -0.3 is 14.8 Å². The highest BCUT2D eigenvalue weighted by atomic mass is 16.5. The summed E-state index contributed by atoms with van der Waals surface area (Å²) < 4.78 is 11.7. The van der Waals surface area contributed by atoms with Gasteiger partial charge in [0.05, 0.1) is 11.7 Å². The Balaban J connectivity index is 1.82. The molecule has 2 saturated heterocycles. The molecule has 2 rings (SSSR count). The van der Waals surface area contributed by atoms with Gasteiger partial charge in [0.2, 0.25) is 0 Å². The fraction of sp³-hybridized carbons (Fsp3) is 1.00. The molecule has 100 valence electrons. The Hall–Kier alpha value is -0.120. The van der Waals surface area contributed by atoms with Crippen LogP contribution in [0.15, 0.2) is 0 Å². The van der Waals surface area contributed by atoms with Gasteiger partial charge in [-0.1, -0.05) is 6.92 Å². The molecule has 0 saturated carbocycles. The van der Waals surface area contributed by atoms with E-state index in [0.717, 1.165) is 19.8 Å². The second kappa shape index (κ2) is 6.17. The lowest BCUT2D eigenvalue weighted by Gasteiger charge is -2.34. The largest absolute Gasteiger partial charge is 0.378 e. The minimum absolute atomic E-state index is 0.0502. The zero-order valence-electron chi connectivity index (χ0n) is 11.3. The maximum Gasteiger partial charge on any atom is 0.0807 e. The fourth-order valence-corrected chi connectivity index (χ4v) is 3.17. The van der Waals surface area contributed by atoms with Crippen molar-refractivity contribution in [3.05, 3.63) is 0 Å². The van der Waals surface area contributed by atoms with Crippen molar-refractivity contribution in [1.82, 2.24) is 5.32 Å². The second-order valence-electron chi connectivity index (χ2n) is 5.59. The molecule has 17 heavy (non-hydrogen) atoms. The fourth-order valence-electron chi connectivity index (χ4n) is 3.17. The Morgan fingerprint density at radius 1 is 1.35 bits per heavy atom. The van der Waals surface area contributed by atoms with E-state index in [2.05, 4.69) is 19.2 Å². The van der Waals surface area contributed by atoms with Crippen molar-refractivity contribution in [1.29, 1.82) is 0 Å². The Morgan fingerprint density at radius 3 is 2.82 bits per heavy atom. The molecule has 1 N–H and O–H groups in total. The average molecular weight is 241 g/mol. The van der Waals surface area contributed by atoms with Crippen LogP contribution in [0.4, 0.5) is 0 Å². The van der Waals surface area contributed by atoms with Crippen LogP contribution < -0.4 is 5.32 Å². The van der Waals surface area contributed by atoms with Crippen molar-refractivity contribution in [2.75, 3.05) is 19.8 Å². The van der Waals surface area contributed by atoms with Gasteiger partial charge in [0, 0.05) is 19.3 Å². The maximum atomic E-state index is 5.97. The molecule has 0 aromatic rings. The number of rotatable bonds is 6. The van der Waals surface area contributed by atoms with Gasteiger partial charge in [0.25, 0.3) is 0 Å². The van der Waals surface area contributed by atoms with Gasteiger partial charge in [-0.3, -0.25) is 0 Å². The summed E-state index contributed by atoms with van der Waals surface area (Å²) in [5.41, 5.74) is 0.0502. The predicted molar refractivity (Wildman–Crippen MR) is 69.3 cm³/mol. The first kappa shape index (κ1) is 13.3. The number of ether oxygens (including phenoxy) is 2. The van der Waals surface area contributed by atoms with Gasteiger partial charge in [0.15, 0.2) is 0 Å². The van der Waals surface area contributed by atoms with Gasteiger partial charge in [-0.15, -0.1) is 0 Å². The summed E-state index contributed by atoms with van der Waals surface area (Å²) in [6.07, 6.45) is 7.74. The Kier molecular flexibility index (Phi) is 4.83. The number of nitrogens with one attached hydrogen (secondary N) is 1. The van der Waals surface area contributed by atoms with Gasteiger partial charge >= 0.3 is 0 Å². The van der Waals surface area contributed by atoms with E-state index >= 15 is 0 Å². The lowest BCUT2D eigenvalue weighted by molar-refractivity contribution is -0.0177. The Morgan fingerprint density at radius 2 is 2.24 bits per heavy atom. The summed E-state index contributed by atoms with van der Waals surface area (Å²) in [6.45, 7) is 7.36. The number of hydrogen-bond donors (Lipinski definition) is 1. The molecule has 2 heterocycles. The molecule has 0 aliphatic carbocycles. The zero-order chi connectivity index (χ0) is 12.1. The normalized spacial score (nSPS) is 35.3. The van der Waals surface area contributed by atoms with E-state index in [0.29, 0.717) is 12.1 Å². The van der Waals surface area contributed by atoms with Crippen molar-refractivity contribution in [3.8, 4) is 0 Å². The molecular weight excluding hydrogens is 214 g/mol. The molecule has 3 nitrogen and oxygen atoms in total. The first-order valence-corrected chi connectivity index (χ1v) is 7.23. The van der Waals surface area contributed by atoms with E-state index < -0.39 is 0 Å². The smallest absolute Gasteiger partial charge is 0.0807 e. The lowest BCUT2D eigenvalue weighted by atomic mass is 9.88. The summed E-state index contributed by atoms with van der Waals surface area (Å²) in [7, 11) is 0. The summed E-state index contributed by atoms with van der Waals surface area (Å²) in [6, 6.07) is 0.485. The van der Waals surface area contributed by atoms with Gasteiger partial charge in [-0.25, -0.2) is 0 Å². The zero-order valence-corrected chi connectivity index (χ0v) is 11.3. The predicted octanol–water partition coefficient (Wildman–Crippen LogP) is 2.49. The third-order valence-corrected chi connectivity index (χ3v) is 4.24. The molecule has 2 fully saturated rings. The first-order valence-electron chi connectivity index (χ1n) is 7.23.